The van der Waals surface area contributed by atoms with Gasteiger partial charge >= 0.3 is 0 Å². The second-order valence-corrected chi connectivity index (χ2v) is 7.77. The molecule has 0 fully saturated rings. The fourth-order valence-electron chi connectivity index (χ4n) is 2.69. The number of hydrogen-bond acceptors (Lipinski definition) is 4. The third-order valence-electron chi connectivity index (χ3n) is 3.97. The number of nitrogens with one attached hydrogen (secondary N) is 1. The minimum absolute atomic E-state index is 0.0333. The summed E-state index contributed by atoms with van der Waals surface area (Å²) in [5.74, 6) is 0.504. The molecule has 0 aliphatic heterocycles. The Morgan fingerprint density at radius 3 is 2.81 bits per heavy atom. The average Bonchev–Trinajstić information content (AvgIpc) is 3.19. The molecule has 2 heterocycles. The predicted molar refractivity (Wildman–Crippen MR) is 106 cm³/mol. The Labute approximate surface area is 158 Å². The number of amides is 1. The van der Waals surface area contributed by atoms with Gasteiger partial charge in [0.2, 0.25) is 0 Å². The molecule has 0 bridgehead atoms. The standard InChI is InChI=1S/C20H25N3O2S/c1-14(2)13-25-11-7-10-21-19(24)18-12-17-15(3)22-23(20(17)26-18)16-8-5-4-6-9-16/h4-6,8-9,12,14H,7,10-11,13H2,1-3H3,(H,21,24). The van der Waals surface area contributed by atoms with Crippen LogP contribution in [0.15, 0.2) is 36.4 Å². The van der Waals surface area contributed by atoms with Crippen LogP contribution < -0.4 is 5.32 Å². The van der Waals surface area contributed by atoms with Crippen LogP contribution in [-0.4, -0.2) is 35.4 Å². The lowest BCUT2D eigenvalue weighted by atomic mass is 10.2. The lowest BCUT2D eigenvalue weighted by Gasteiger charge is -2.07. The van der Waals surface area contributed by atoms with Crippen molar-refractivity contribution >= 4 is 27.5 Å². The number of carbonyl (C=O) groups is 1. The first kappa shape index (κ1) is 18.6. The highest BCUT2D eigenvalue weighted by atomic mass is 32.1. The van der Waals surface area contributed by atoms with Crippen molar-refractivity contribution in [3.63, 3.8) is 0 Å². The van der Waals surface area contributed by atoms with E-state index in [0.717, 1.165) is 34.6 Å². The second kappa shape index (κ2) is 8.47. The van der Waals surface area contributed by atoms with Gasteiger partial charge in [-0.2, -0.15) is 5.10 Å². The van der Waals surface area contributed by atoms with Gasteiger partial charge in [-0.05, 0) is 37.5 Å². The van der Waals surface area contributed by atoms with E-state index >= 15 is 0 Å². The largest absolute Gasteiger partial charge is 0.381 e. The van der Waals surface area contributed by atoms with Crippen LogP contribution in [0.3, 0.4) is 0 Å². The van der Waals surface area contributed by atoms with Crippen LogP contribution in [0.4, 0.5) is 0 Å². The summed E-state index contributed by atoms with van der Waals surface area (Å²) in [6.07, 6.45) is 0.820. The number of fused-ring (bicyclic) bond motifs is 1. The molecule has 0 aliphatic rings. The van der Waals surface area contributed by atoms with Gasteiger partial charge in [0, 0.05) is 25.1 Å². The van der Waals surface area contributed by atoms with Crippen LogP contribution >= 0.6 is 11.3 Å². The SMILES string of the molecule is Cc1nn(-c2ccccc2)c2sc(C(=O)NCCCOCC(C)C)cc12. The van der Waals surface area contributed by atoms with E-state index in [1.54, 1.807) is 0 Å². The van der Waals surface area contributed by atoms with Crippen molar-refractivity contribution in [1.29, 1.82) is 0 Å². The molecule has 0 radical (unpaired) electrons. The maximum absolute atomic E-state index is 12.4. The van der Waals surface area contributed by atoms with Gasteiger partial charge in [0.1, 0.15) is 4.83 Å². The van der Waals surface area contributed by atoms with Gasteiger partial charge in [0.25, 0.3) is 5.91 Å². The van der Waals surface area contributed by atoms with Gasteiger partial charge in [-0.25, -0.2) is 4.68 Å². The third kappa shape index (κ3) is 4.31. The molecule has 3 aromatic rings. The van der Waals surface area contributed by atoms with Crippen molar-refractivity contribution in [2.75, 3.05) is 19.8 Å². The molecule has 26 heavy (non-hydrogen) atoms. The third-order valence-corrected chi connectivity index (χ3v) is 5.08. The summed E-state index contributed by atoms with van der Waals surface area (Å²) in [5.41, 5.74) is 1.93. The molecule has 0 atom stereocenters. The van der Waals surface area contributed by atoms with E-state index in [9.17, 15) is 4.79 Å². The minimum atomic E-state index is -0.0333. The Bertz CT molecular complexity index is 868. The quantitative estimate of drug-likeness (QED) is 0.604. The summed E-state index contributed by atoms with van der Waals surface area (Å²) >= 11 is 1.48. The van der Waals surface area contributed by atoms with E-state index in [0.29, 0.717) is 23.9 Å². The molecule has 138 valence electrons. The zero-order chi connectivity index (χ0) is 18.5. The number of hydrogen-bond donors (Lipinski definition) is 1. The number of aryl methyl sites for hydroxylation is 1. The van der Waals surface area contributed by atoms with E-state index in [1.807, 2.05) is 48.0 Å². The minimum Gasteiger partial charge on any atom is -0.381 e. The Morgan fingerprint density at radius 1 is 1.31 bits per heavy atom. The molecule has 0 saturated heterocycles. The number of nitrogens with zero attached hydrogens (tertiary/aromatic N) is 2. The second-order valence-electron chi connectivity index (χ2n) is 6.74. The summed E-state index contributed by atoms with van der Waals surface area (Å²) < 4.78 is 7.45. The highest BCUT2D eigenvalue weighted by Gasteiger charge is 2.16. The highest BCUT2D eigenvalue weighted by molar-refractivity contribution is 7.20. The van der Waals surface area contributed by atoms with Gasteiger partial charge in [-0.15, -0.1) is 11.3 Å². The lowest BCUT2D eigenvalue weighted by molar-refractivity contribution is 0.0928. The number of thiophene rings is 1. The van der Waals surface area contributed by atoms with Crippen molar-refractivity contribution < 1.29 is 9.53 Å². The van der Waals surface area contributed by atoms with Gasteiger partial charge in [-0.1, -0.05) is 32.0 Å². The van der Waals surface area contributed by atoms with Crippen LogP contribution in [0, 0.1) is 12.8 Å². The number of ether oxygens (including phenoxy) is 1. The summed E-state index contributed by atoms with van der Waals surface area (Å²) in [6, 6.07) is 11.9. The monoisotopic (exact) mass is 371 g/mol. The Balaban J connectivity index is 1.65. The molecule has 6 heteroatoms. The maximum atomic E-state index is 12.4. The molecular formula is C20H25N3O2S. The van der Waals surface area contributed by atoms with Crippen LogP contribution in [0.2, 0.25) is 0 Å². The van der Waals surface area contributed by atoms with Gasteiger partial charge < -0.3 is 10.1 Å². The molecule has 5 nitrogen and oxygen atoms in total. The molecule has 1 N–H and O–H groups in total. The molecule has 1 aromatic carbocycles. The van der Waals surface area contributed by atoms with Crippen molar-refractivity contribution in [3.8, 4) is 5.69 Å². The topological polar surface area (TPSA) is 56.2 Å². The number of aromatic nitrogens is 2. The molecular weight excluding hydrogens is 346 g/mol. The maximum Gasteiger partial charge on any atom is 0.261 e. The summed E-state index contributed by atoms with van der Waals surface area (Å²) in [5, 5.41) is 8.62. The van der Waals surface area contributed by atoms with Crippen molar-refractivity contribution in [1.82, 2.24) is 15.1 Å². The predicted octanol–water partition coefficient (Wildman–Crippen LogP) is 4.19. The van der Waals surface area contributed by atoms with Crippen LogP contribution in [0.5, 0.6) is 0 Å². The normalized spacial score (nSPS) is 11.4. The number of carbonyl (C=O) groups excluding carboxylic acids is 1. The van der Waals surface area contributed by atoms with Gasteiger partial charge in [-0.3, -0.25) is 4.79 Å². The number of rotatable bonds is 8. The summed E-state index contributed by atoms with van der Waals surface area (Å²) in [6.45, 7) is 8.28. The molecule has 0 unspecified atom stereocenters. The van der Waals surface area contributed by atoms with E-state index < -0.39 is 0 Å². The molecule has 0 saturated carbocycles. The number of benzene rings is 1. The Kier molecular flexibility index (Phi) is 6.06. The number of para-hydroxylation sites is 1. The Morgan fingerprint density at radius 2 is 2.08 bits per heavy atom. The average molecular weight is 372 g/mol. The molecule has 2 aromatic heterocycles. The summed E-state index contributed by atoms with van der Waals surface area (Å²) in [7, 11) is 0. The fourth-order valence-corrected chi connectivity index (χ4v) is 3.78. The van der Waals surface area contributed by atoms with E-state index in [2.05, 4.69) is 24.3 Å². The molecule has 3 rings (SSSR count). The molecule has 0 spiro atoms. The van der Waals surface area contributed by atoms with Crippen LogP contribution in [0.1, 0.15) is 35.6 Å². The highest BCUT2D eigenvalue weighted by Crippen LogP contribution is 2.30. The zero-order valence-corrected chi connectivity index (χ0v) is 16.3. The molecule has 1 amide bonds. The smallest absolute Gasteiger partial charge is 0.261 e. The van der Waals surface area contributed by atoms with E-state index in [4.69, 9.17) is 4.74 Å². The molecule has 0 aliphatic carbocycles. The van der Waals surface area contributed by atoms with Crippen molar-refractivity contribution in [2.45, 2.75) is 27.2 Å². The van der Waals surface area contributed by atoms with Gasteiger partial charge in [0.15, 0.2) is 0 Å². The van der Waals surface area contributed by atoms with Gasteiger partial charge in [0.05, 0.1) is 16.3 Å². The van der Waals surface area contributed by atoms with Crippen LogP contribution in [-0.2, 0) is 4.74 Å². The van der Waals surface area contributed by atoms with Crippen molar-refractivity contribution in [2.24, 2.45) is 5.92 Å². The van der Waals surface area contributed by atoms with E-state index in [1.165, 1.54) is 11.3 Å². The first-order valence-electron chi connectivity index (χ1n) is 8.97. The Hall–Kier alpha value is -2.18. The lowest BCUT2D eigenvalue weighted by Crippen LogP contribution is -2.24. The van der Waals surface area contributed by atoms with E-state index in [-0.39, 0.29) is 5.91 Å². The first-order chi connectivity index (χ1) is 12.6. The van der Waals surface area contributed by atoms with Crippen molar-refractivity contribution in [3.05, 3.63) is 47.0 Å². The fraction of sp³-hybridized carbons (Fsp3) is 0.400. The summed E-state index contributed by atoms with van der Waals surface area (Å²) in [4.78, 5) is 14.2. The first-order valence-corrected chi connectivity index (χ1v) is 9.78. The zero-order valence-electron chi connectivity index (χ0n) is 15.5. The van der Waals surface area contributed by atoms with Crippen LogP contribution in [0.25, 0.3) is 15.9 Å².